The Morgan fingerprint density at radius 1 is 1.25 bits per heavy atom. The molecular weight excluding hydrogens is 244 g/mol. The molecule has 2 atom stereocenters. The molecule has 20 heavy (non-hydrogen) atoms. The van der Waals surface area contributed by atoms with Gasteiger partial charge in [-0.15, -0.1) is 0 Å². The van der Waals surface area contributed by atoms with Crippen molar-refractivity contribution in [3.05, 3.63) is 29.8 Å². The molecule has 2 fully saturated rings. The Kier molecular flexibility index (Phi) is 3.76. The minimum Gasteiger partial charge on any atom is -0.368 e. The van der Waals surface area contributed by atoms with Gasteiger partial charge in [-0.1, -0.05) is 25.0 Å². The molecule has 0 bridgehead atoms. The second-order valence-corrected chi connectivity index (χ2v) is 7.02. The summed E-state index contributed by atoms with van der Waals surface area (Å²) >= 11 is 0. The molecule has 2 saturated carbocycles. The van der Waals surface area contributed by atoms with Crippen molar-refractivity contribution in [1.29, 1.82) is 0 Å². The first kappa shape index (κ1) is 13.9. The van der Waals surface area contributed by atoms with Crippen molar-refractivity contribution in [3.8, 4) is 0 Å². The third-order valence-corrected chi connectivity index (χ3v) is 5.63. The summed E-state index contributed by atoms with van der Waals surface area (Å²) in [5, 5.41) is 0. The summed E-state index contributed by atoms with van der Waals surface area (Å²) in [7, 11) is 2.25. The van der Waals surface area contributed by atoms with Gasteiger partial charge in [0.1, 0.15) is 0 Å². The molecule has 2 unspecified atom stereocenters. The van der Waals surface area contributed by atoms with Crippen LogP contribution in [0.4, 0.5) is 5.69 Å². The Labute approximate surface area is 123 Å². The average molecular weight is 272 g/mol. The lowest BCUT2D eigenvalue weighted by molar-refractivity contribution is 0.204. The Balaban J connectivity index is 1.83. The molecule has 110 valence electrons. The van der Waals surface area contributed by atoms with E-state index in [1.165, 1.54) is 49.8 Å². The SMILES string of the molecule is Cc1cccc(N(C)C2(CN)CCCC(C3CC3)C2)c1. The van der Waals surface area contributed by atoms with Crippen LogP contribution in [-0.4, -0.2) is 19.1 Å². The molecule has 0 spiro atoms. The van der Waals surface area contributed by atoms with Crippen LogP contribution in [0.15, 0.2) is 24.3 Å². The van der Waals surface area contributed by atoms with Crippen molar-refractivity contribution in [3.63, 3.8) is 0 Å². The lowest BCUT2D eigenvalue weighted by atomic mass is 9.72. The van der Waals surface area contributed by atoms with Crippen LogP contribution in [0.25, 0.3) is 0 Å². The van der Waals surface area contributed by atoms with Gasteiger partial charge in [-0.2, -0.15) is 0 Å². The number of likely N-dealkylation sites (N-methyl/N-ethyl adjacent to an activating group) is 1. The number of hydrogen-bond acceptors (Lipinski definition) is 2. The molecule has 0 heterocycles. The van der Waals surface area contributed by atoms with Gasteiger partial charge in [0.05, 0.1) is 5.54 Å². The van der Waals surface area contributed by atoms with Crippen molar-refractivity contribution >= 4 is 5.69 Å². The van der Waals surface area contributed by atoms with Gasteiger partial charge in [-0.05, 0) is 62.1 Å². The van der Waals surface area contributed by atoms with Crippen LogP contribution in [0.2, 0.25) is 0 Å². The summed E-state index contributed by atoms with van der Waals surface area (Å²) < 4.78 is 0. The van der Waals surface area contributed by atoms with E-state index in [2.05, 4.69) is 43.1 Å². The quantitative estimate of drug-likeness (QED) is 0.905. The third-order valence-electron chi connectivity index (χ3n) is 5.63. The molecule has 0 aliphatic heterocycles. The monoisotopic (exact) mass is 272 g/mol. The van der Waals surface area contributed by atoms with E-state index in [1.807, 2.05) is 0 Å². The number of hydrogen-bond donors (Lipinski definition) is 1. The number of benzene rings is 1. The van der Waals surface area contributed by atoms with Gasteiger partial charge < -0.3 is 10.6 Å². The van der Waals surface area contributed by atoms with E-state index in [0.29, 0.717) is 0 Å². The zero-order valence-corrected chi connectivity index (χ0v) is 12.9. The van der Waals surface area contributed by atoms with E-state index in [0.717, 1.165) is 18.4 Å². The molecule has 1 aromatic carbocycles. The normalized spacial score (nSPS) is 30.2. The standard InChI is InChI=1S/C18H28N2/c1-14-5-3-7-17(11-14)20(2)18(13-19)10-4-6-16(12-18)15-8-9-15/h3,5,7,11,15-16H,4,6,8-10,12-13,19H2,1-2H3. The molecule has 2 aliphatic carbocycles. The second kappa shape index (κ2) is 5.40. The minimum atomic E-state index is 0.180. The molecule has 0 aromatic heterocycles. The van der Waals surface area contributed by atoms with E-state index in [9.17, 15) is 0 Å². The summed E-state index contributed by atoms with van der Waals surface area (Å²) in [5.41, 5.74) is 9.09. The van der Waals surface area contributed by atoms with Gasteiger partial charge in [0.25, 0.3) is 0 Å². The molecule has 2 nitrogen and oxygen atoms in total. The van der Waals surface area contributed by atoms with Crippen LogP contribution in [0.5, 0.6) is 0 Å². The molecule has 2 N–H and O–H groups in total. The number of nitrogens with zero attached hydrogens (tertiary/aromatic N) is 1. The predicted octanol–water partition coefficient (Wildman–Crippen LogP) is 3.73. The van der Waals surface area contributed by atoms with E-state index in [-0.39, 0.29) is 5.54 Å². The highest BCUT2D eigenvalue weighted by molar-refractivity contribution is 5.50. The van der Waals surface area contributed by atoms with Crippen LogP contribution in [0.3, 0.4) is 0 Å². The largest absolute Gasteiger partial charge is 0.368 e. The van der Waals surface area contributed by atoms with Gasteiger partial charge in [-0.3, -0.25) is 0 Å². The smallest absolute Gasteiger partial charge is 0.0523 e. The Bertz CT molecular complexity index is 466. The number of aryl methyl sites for hydroxylation is 1. The molecule has 0 amide bonds. The maximum atomic E-state index is 6.26. The fraction of sp³-hybridized carbons (Fsp3) is 0.667. The molecule has 2 heteroatoms. The van der Waals surface area contributed by atoms with Crippen molar-refractivity contribution in [1.82, 2.24) is 0 Å². The number of nitrogens with two attached hydrogens (primary N) is 1. The highest BCUT2D eigenvalue weighted by Gasteiger charge is 2.43. The third kappa shape index (κ3) is 2.58. The van der Waals surface area contributed by atoms with E-state index < -0.39 is 0 Å². The second-order valence-electron chi connectivity index (χ2n) is 7.02. The summed E-state index contributed by atoms with van der Waals surface area (Å²) in [4.78, 5) is 2.48. The van der Waals surface area contributed by atoms with Crippen molar-refractivity contribution in [2.45, 2.75) is 51.0 Å². The maximum absolute atomic E-state index is 6.26. The number of rotatable bonds is 4. The predicted molar refractivity (Wildman–Crippen MR) is 86.0 cm³/mol. The van der Waals surface area contributed by atoms with Gasteiger partial charge in [0.15, 0.2) is 0 Å². The van der Waals surface area contributed by atoms with Crippen molar-refractivity contribution in [2.75, 3.05) is 18.5 Å². The zero-order valence-electron chi connectivity index (χ0n) is 12.9. The highest BCUT2D eigenvalue weighted by atomic mass is 15.2. The molecule has 3 rings (SSSR count). The molecular formula is C18H28N2. The molecule has 1 aromatic rings. The van der Waals surface area contributed by atoms with Gasteiger partial charge in [0.2, 0.25) is 0 Å². The maximum Gasteiger partial charge on any atom is 0.0523 e. The minimum absolute atomic E-state index is 0.180. The fourth-order valence-corrected chi connectivity index (χ4v) is 4.09. The summed E-state index contributed by atoms with van der Waals surface area (Å²) in [6, 6.07) is 8.84. The van der Waals surface area contributed by atoms with Gasteiger partial charge in [-0.25, -0.2) is 0 Å². The Morgan fingerprint density at radius 2 is 2.05 bits per heavy atom. The summed E-state index contributed by atoms with van der Waals surface area (Å²) in [6.07, 6.45) is 8.22. The van der Waals surface area contributed by atoms with Crippen LogP contribution in [-0.2, 0) is 0 Å². The van der Waals surface area contributed by atoms with Crippen LogP contribution in [0.1, 0.15) is 44.1 Å². The first-order valence-electron chi connectivity index (χ1n) is 8.15. The lowest BCUT2D eigenvalue weighted by Gasteiger charge is -2.48. The van der Waals surface area contributed by atoms with Gasteiger partial charge in [0, 0.05) is 19.3 Å². The molecule has 2 aliphatic rings. The number of anilines is 1. The van der Waals surface area contributed by atoms with Gasteiger partial charge >= 0.3 is 0 Å². The van der Waals surface area contributed by atoms with E-state index in [4.69, 9.17) is 5.73 Å². The Hall–Kier alpha value is -1.02. The first-order valence-corrected chi connectivity index (χ1v) is 8.15. The molecule has 0 radical (unpaired) electrons. The molecule has 0 saturated heterocycles. The summed E-state index contributed by atoms with van der Waals surface area (Å²) in [5.74, 6) is 1.92. The van der Waals surface area contributed by atoms with Crippen LogP contribution in [0, 0.1) is 18.8 Å². The topological polar surface area (TPSA) is 29.3 Å². The van der Waals surface area contributed by atoms with Crippen LogP contribution < -0.4 is 10.6 Å². The first-order chi connectivity index (χ1) is 9.64. The fourth-order valence-electron chi connectivity index (χ4n) is 4.09. The van der Waals surface area contributed by atoms with E-state index in [1.54, 1.807) is 0 Å². The van der Waals surface area contributed by atoms with Crippen LogP contribution >= 0.6 is 0 Å². The lowest BCUT2D eigenvalue weighted by Crippen LogP contribution is -2.55. The zero-order chi connectivity index (χ0) is 14.2. The summed E-state index contributed by atoms with van der Waals surface area (Å²) in [6.45, 7) is 2.95. The highest BCUT2D eigenvalue weighted by Crippen LogP contribution is 2.48. The van der Waals surface area contributed by atoms with E-state index >= 15 is 0 Å². The average Bonchev–Trinajstić information content (AvgIpc) is 3.31. The van der Waals surface area contributed by atoms with Crippen molar-refractivity contribution in [2.24, 2.45) is 17.6 Å². The Morgan fingerprint density at radius 3 is 2.70 bits per heavy atom. The van der Waals surface area contributed by atoms with Crippen molar-refractivity contribution < 1.29 is 0 Å².